The van der Waals surface area contributed by atoms with Gasteiger partial charge in [-0.3, -0.25) is 10.1 Å². The molecule has 1 unspecified atom stereocenters. The van der Waals surface area contributed by atoms with E-state index in [1.165, 1.54) is 0 Å². The zero-order valence-electron chi connectivity index (χ0n) is 11.7. The van der Waals surface area contributed by atoms with Crippen LogP contribution in [-0.4, -0.2) is 36.3 Å². The summed E-state index contributed by atoms with van der Waals surface area (Å²) in [6, 6.07) is 2.20. The first-order valence-corrected chi connectivity index (χ1v) is 7.51. The van der Waals surface area contributed by atoms with E-state index in [9.17, 15) is 14.5 Å². The first-order valence-electron chi connectivity index (χ1n) is 6.43. The smallest absolute Gasteiger partial charge is 0.312 e. The van der Waals surface area contributed by atoms with Crippen molar-refractivity contribution in [3.63, 3.8) is 0 Å². The van der Waals surface area contributed by atoms with Crippen molar-refractivity contribution in [2.24, 2.45) is 0 Å². The Morgan fingerprint density at radius 1 is 1.62 bits per heavy atom. The Balaban J connectivity index is 2.09. The maximum absolute atomic E-state index is 13.6. The number of benzene rings is 1. The fourth-order valence-electron chi connectivity index (χ4n) is 2.12. The zero-order valence-corrected chi connectivity index (χ0v) is 13.8. The molecule has 0 aliphatic carbocycles. The first-order chi connectivity index (χ1) is 9.78. The van der Waals surface area contributed by atoms with E-state index in [0.29, 0.717) is 6.54 Å². The van der Waals surface area contributed by atoms with Gasteiger partial charge in [-0.05, 0) is 36.4 Å². The summed E-state index contributed by atoms with van der Waals surface area (Å²) < 4.78 is 25.0. The molecule has 1 aliphatic rings. The number of nitro groups is 1. The Morgan fingerprint density at radius 2 is 2.33 bits per heavy atom. The zero-order chi connectivity index (χ0) is 15.6. The lowest BCUT2D eigenvalue weighted by Gasteiger charge is -2.36. The van der Waals surface area contributed by atoms with Gasteiger partial charge in [-0.2, -0.15) is 0 Å². The van der Waals surface area contributed by atoms with Gasteiger partial charge in [0.25, 0.3) is 0 Å². The molecule has 8 heteroatoms. The summed E-state index contributed by atoms with van der Waals surface area (Å²) in [4.78, 5) is 10.4. The average Bonchev–Trinajstić information content (AvgIpc) is 2.38. The third kappa shape index (κ3) is 4.24. The van der Waals surface area contributed by atoms with Crippen molar-refractivity contribution < 1.29 is 18.8 Å². The molecular formula is C13H16FIN2O4. The van der Waals surface area contributed by atoms with E-state index in [-0.39, 0.29) is 33.3 Å². The second kappa shape index (κ2) is 6.41. The van der Waals surface area contributed by atoms with E-state index >= 15 is 0 Å². The summed E-state index contributed by atoms with van der Waals surface area (Å²) in [5.41, 5.74) is -0.570. The molecule has 1 aromatic rings. The summed E-state index contributed by atoms with van der Waals surface area (Å²) in [5.74, 6) is -0.621. The number of rotatable bonds is 4. The van der Waals surface area contributed by atoms with Crippen LogP contribution in [0.2, 0.25) is 0 Å². The molecule has 1 fully saturated rings. The Kier molecular flexibility index (Phi) is 4.99. The van der Waals surface area contributed by atoms with Gasteiger partial charge in [0.2, 0.25) is 0 Å². The van der Waals surface area contributed by atoms with Gasteiger partial charge < -0.3 is 14.8 Å². The van der Waals surface area contributed by atoms with E-state index < -0.39 is 10.7 Å². The predicted molar refractivity (Wildman–Crippen MR) is 83.1 cm³/mol. The van der Waals surface area contributed by atoms with Crippen molar-refractivity contribution in [1.82, 2.24) is 5.32 Å². The molecule has 0 aromatic heterocycles. The van der Waals surface area contributed by atoms with Gasteiger partial charge in [-0.25, -0.2) is 4.39 Å². The van der Waals surface area contributed by atoms with Crippen LogP contribution in [0.4, 0.5) is 10.1 Å². The molecule has 1 N–H and O–H groups in total. The second-order valence-corrected chi connectivity index (χ2v) is 6.59. The van der Waals surface area contributed by atoms with Crippen molar-refractivity contribution in [2.75, 3.05) is 19.7 Å². The van der Waals surface area contributed by atoms with Crippen LogP contribution < -0.4 is 10.1 Å². The van der Waals surface area contributed by atoms with Gasteiger partial charge in [-0.15, -0.1) is 0 Å². The molecule has 116 valence electrons. The van der Waals surface area contributed by atoms with Crippen LogP contribution in [0.1, 0.15) is 13.8 Å². The largest absolute Gasteiger partial charge is 0.484 e. The maximum atomic E-state index is 13.6. The number of halogens is 2. The minimum atomic E-state index is -0.582. The fourth-order valence-corrected chi connectivity index (χ4v) is 2.57. The molecule has 0 radical (unpaired) electrons. The summed E-state index contributed by atoms with van der Waals surface area (Å²) in [6.07, 6.45) is -0.240. The van der Waals surface area contributed by atoms with Gasteiger partial charge in [0, 0.05) is 25.2 Å². The number of nitrogens with zero attached hydrogens (tertiary/aromatic N) is 1. The summed E-state index contributed by atoms with van der Waals surface area (Å²) in [5, 5.41) is 14.2. The Labute approximate surface area is 135 Å². The summed E-state index contributed by atoms with van der Waals surface area (Å²) >= 11 is 1.71. The van der Waals surface area contributed by atoms with Crippen LogP contribution in [0, 0.1) is 19.5 Å². The van der Waals surface area contributed by atoms with Crippen molar-refractivity contribution in [1.29, 1.82) is 0 Å². The fraction of sp³-hybridized carbons (Fsp3) is 0.538. The van der Waals surface area contributed by atoms with Crippen LogP contribution in [-0.2, 0) is 4.74 Å². The number of nitrogens with one attached hydrogen (secondary N) is 1. The molecule has 1 saturated heterocycles. The lowest BCUT2D eigenvalue weighted by molar-refractivity contribution is -0.386. The van der Waals surface area contributed by atoms with Crippen molar-refractivity contribution in [2.45, 2.75) is 25.6 Å². The number of ether oxygens (including phenoxy) is 2. The number of morpholine rings is 1. The molecule has 1 atom stereocenters. The normalized spacial score (nSPS) is 21.0. The van der Waals surface area contributed by atoms with E-state index in [1.54, 1.807) is 22.6 Å². The molecule has 0 spiro atoms. The molecule has 0 amide bonds. The highest BCUT2D eigenvalue weighted by Gasteiger charge is 2.29. The number of hydrogen-bond acceptors (Lipinski definition) is 5. The lowest BCUT2D eigenvalue weighted by atomic mass is 10.1. The first kappa shape index (κ1) is 16.4. The third-order valence-electron chi connectivity index (χ3n) is 3.03. The lowest BCUT2D eigenvalue weighted by Crippen LogP contribution is -2.52. The Hall–Kier alpha value is -1.00. The van der Waals surface area contributed by atoms with E-state index in [1.807, 2.05) is 13.8 Å². The molecule has 2 rings (SSSR count). The van der Waals surface area contributed by atoms with Crippen molar-refractivity contribution >= 4 is 28.3 Å². The SMILES string of the molecule is CC1(C)CNCC(COc2cc(F)c(I)cc2[N+](=O)[O-])O1. The number of hydrogen-bond donors (Lipinski definition) is 1. The van der Waals surface area contributed by atoms with Crippen molar-refractivity contribution in [3.05, 3.63) is 31.6 Å². The minimum Gasteiger partial charge on any atom is -0.484 e. The highest BCUT2D eigenvalue weighted by Crippen LogP contribution is 2.31. The second-order valence-electron chi connectivity index (χ2n) is 5.43. The highest BCUT2D eigenvalue weighted by atomic mass is 127. The van der Waals surface area contributed by atoms with E-state index in [2.05, 4.69) is 5.32 Å². The van der Waals surface area contributed by atoms with Crippen molar-refractivity contribution in [3.8, 4) is 5.75 Å². The van der Waals surface area contributed by atoms with Crippen LogP contribution in [0.5, 0.6) is 5.75 Å². The summed E-state index contributed by atoms with van der Waals surface area (Å²) in [6.45, 7) is 5.32. The van der Waals surface area contributed by atoms with Crippen LogP contribution in [0.15, 0.2) is 12.1 Å². The Bertz CT molecular complexity index is 553. The Morgan fingerprint density at radius 3 is 2.95 bits per heavy atom. The van der Waals surface area contributed by atoms with E-state index in [4.69, 9.17) is 9.47 Å². The summed E-state index contributed by atoms with van der Waals surface area (Å²) in [7, 11) is 0. The molecular weight excluding hydrogens is 394 g/mol. The topological polar surface area (TPSA) is 73.6 Å². The van der Waals surface area contributed by atoms with Crippen LogP contribution in [0.25, 0.3) is 0 Å². The quantitative estimate of drug-likeness (QED) is 0.469. The molecule has 1 aromatic carbocycles. The van der Waals surface area contributed by atoms with Crippen LogP contribution in [0.3, 0.4) is 0 Å². The number of nitro benzene ring substituents is 1. The van der Waals surface area contributed by atoms with Gasteiger partial charge in [0.05, 0.1) is 14.1 Å². The monoisotopic (exact) mass is 410 g/mol. The van der Waals surface area contributed by atoms with Gasteiger partial charge >= 0.3 is 5.69 Å². The van der Waals surface area contributed by atoms with E-state index in [0.717, 1.165) is 18.7 Å². The molecule has 1 aliphatic heterocycles. The third-order valence-corrected chi connectivity index (χ3v) is 3.86. The highest BCUT2D eigenvalue weighted by molar-refractivity contribution is 14.1. The predicted octanol–water partition coefficient (Wildman–Crippen LogP) is 2.48. The minimum absolute atomic E-state index is 0.0788. The van der Waals surface area contributed by atoms with Gasteiger partial charge in [0.1, 0.15) is 18.5 Å². The average molecular weight is 410 g/mol. The maximum Gasteiger partial charge on any atom is 0.312 e. The van der Waals surface area contributed by atoms with Crippen LogP contribution >= 0.6 is 22.6 Å². The molecule has 0 bridgehead atoms. The standard InChI is InChI=1S/C13H16FIN2O4/c1-13(2)7-16-5-8(21-13)6-20-12-3-9(14)10(15)4-11(12)17(18)19/h3-4,8,16H,5-7H2,1-2H3. The molecule has 0 saturated carbocycles. The van der Waals surface area contributed by atoms with Gasteiger partial charge in [-0.1, -0.05) is 0 Å². The molecule has 1 heterocycles. The van der Waals surface area contributed by atoms with Gasteiger partial charge in [0.15, 0.2) is 5.75 Å². The molecule has 6 nitrogen and oxygen atoms in total. The molecule has 21 heavy (non-hydrogen) atoms.